The van der Waals surface area contributed by atoms with Gasteiger partial charge in [0.25, 0.3) is 10.0 Å². The third kappa shape index (κ3) is 2.72. The molecule has 0 amide bonds. The summed E-state index contributed by atoms with van der Waals surface area (Å²) < 4.78 is 26.8. The summed E-state index contributed by atoms with van der Waals surface area (Å²) in [6.45, 7) is 1.17. The molecule has 0 N–H and O–H groups in total. The molecule has 18 heavy (non-hydrogen) atoms. The summed E-state index contributed by atoms with van der Waals surface area (Å²) in [7, 11) is 0.639. The molecule has 2 rings (SSSR count). The number of alkyl halides is 1. The Morgan fingerprint density at radius 3 is 2.72 bits per heavy atom. The molecule has 1 atom stereocenters. The van der Waals surface area contributed by atoms with Gasteiger partial charge in [-0.15, -0.1) is 22.9 Å². The van der Waals surface area contributed by atoms with Crippen LogP contribution >= 0.6 is 22.9 Å². The zero-order valence-corrected chi connectivity index (χ0v) is 12.9. The third-order valence-electron chi connectivity index (χ3n) is 3.22. The Hall–Kier alpha value is -0.140. The summed E-state index contributed by atoms with van der Waals surface area (Å²) in [6.07, 6.45) is 0.889. The topological polar surface area (TPSA) is 40.6 Å². The van der Waals surface area contributed by atoms with Gasteiger partial charge in [-0.05, 0) is 32.6 Å². The number of likely N-dealkylation sites (N-methyl/N-ethyl adjacent to an activating group) is 1. The lowest BCUT2D eigenvalue weighted by molar-refractivity contribution is 0.302. The second-order valence-electron chi connectivity index (χ2n) is 4.62. The largest absolute Gasteiger partial charge is 0.305 e. The van der Waals surface area contributed by atoms with Gasteiger partial charge in [-0.3, -0.25) is 0 Å². The lowest BCUT2D eigenvalue weighted by atomic mass is 10.2. The second-order valence-corrected chi connectivity index (χ2v) is 8.22. The molecule has 102 valence electrons. The highest BCUT2D eigenvalue weighted by molar-refractivity contribution is 7.91. The predicted molar refractivity (Wildman–Crippen MR) is 74.7 cm³/mol. The van der Waals surface area contributed by atoms with Crippen molar-refractivity contribution in [2.75, 3.05) is 27.2 Å². The molecule has 0 bridgehead atoms. The fourth-order valence-electron chi connectivity index (χ4n) is 2.05. The minimum absolute atomic E-state index is 0.312. The average molecular weight is 309 g/mol. The molecule has 2 heterocycles. The summed E-state index contributed by atoms with van der Waals surface area (Å²) in [5, 5.41) is 0. The Morgan fingerprint density at radius 2 is 2.22 bits per heavy atom. The van der Waals surface area contributed by atoms with E-state index in [1.807, 2.05) is 14.1 Å². The summed E-state index contributed by atoms with van der Waals surface area (Å²) in [5.41, 5.74) is 0. The van der Waals surface area contributed by atoms with Gasteiger partial charge >= 0.3 is 0 Å². The third-order valence-corrected chi connectivity index (χ3v) is 7.08. The van der Waals surface area contributed by atoms with Crippen molar-refractivity contribution in [3.8, 4) is 0 Å². The fourth-order valence-corrected chi connectivity index (χ4v) is 5.15. The van der Waals surface area contributed by atoms with E-state index in [2.05, 4.69) is 4.90 Å². The van der Waals surface area contributed by atoms with E-state index >= 15 is 0 Å². The first-order valence-electron chi connectivity index (χ1n) is 5.76. The molecular formula is C11H17ClN2O2S2. The maximum absolute atomic E-state index is 12.4. The van der Waals surface area contributed by atoms with E-state index in [1.54, 1.807) is 16.4 Å². The van der Waals surface area contributed by atoms with Crippen molar-refractivity contribution >= 4 is 33.0 Å². The van der Waals surface area contributed by atoms with E-state index in [0.29, 0.717) is 29.2 Å². The Morgan fingerprint density at radius 1 is 1.50 bits per heavy atom. The fraction of sp³-hybridized carbons (Fsp3) is 0.636. The highest BCUT2D eigenvalue weighted by Crippen LogP contribution is 2.28. The smallest absolute Gasteiger partial charge is 0.252 e. The van der Waals surface area contributed by atoms with Gasteiger partial charge in [-0.25, -0.2) is 8.42 Å². The first-order valence-corrected chi connectivity index (χ1v) is 8.55. The van der Waals surface area contributed by atoms with E-state index in [4.69, 9.17) is 11.6 Å². The molecule has 1 unspecified atom stereocenters. The molecule has 0 spiro atoms. The van der Waals surface area contributed by atoms with Gasteiger partial charge < -0.3 is 4.90 Å². The van der Waals surface area contributed by atoms with Crippen LogP contribution in [0.5, 0.6) is 0 Å². The van der Waals surface area contributed by atoms with Crippen LogP contribution in [0.3, 0.4) is 0 Å². The summed E-state index contributed by atoms with van der Waals surface area (Å²) in [5.74, 6) is 0.362. The van der Waals surface area contributed by atoms with E-state index in [-0.39, 0.29) is 0 Å². The summed E-state index contributed by atoms with van der Waals surface area (Å²) in [4.78, 5) is 2.97. The molecule has 1 aliphatic heterocycles. The number of rotatable bonds is 4. The van der Waals surface area contributed by atoms with E-state index in [9.17, 15) is 8.42 Å². The zero-order chi connectivity index (χ0) is 13.3. The maximum atomic E-state index is 12.4. The van der Waals surface area contributed by atoms with Gasteiger partial charge in [0, 0.05) is 24.0 Å². The molecule has 4 nitrogen and oxygen atoms in total. The van der Waals surface area contributed by atoms with Crippen molar-refractivity contribution in [3.05, 3.63) is 17.0 Å². The number of sulfonamides is 1. The minimum atomic E-state index is -3.33. The van der Waals surface area contributed by atoms with E-state index in [0.717, 1.165) is 11.3 Å². The lowest BCUT2D eigenvalue weighted by Gasteiger charge is -2.19. The average Bonchev–Trinajstić information content (AvgIpc) is 2.98. The Labute approximate surface area is 117 Å². The van der Waals surface area contributed by atoms with Gasteiger partial charge in [-0.1, -0.05) is 0 Å². The number of thiophene rings is 1. The number of hydrogen-bond donors (Lipinski definition) is 0. The molecule has 1 saturated heterocycles. The van der Waals surface area contributed by atoms with Crippen LogP contribution in [0.15, 0.2) is 16.3 Å². The quantitative estimate of drug-likeness (QED) is 0.797. The van der Waals surface area contributed by atoms with Crippen molar-refractivity contribution < 1.29 is 8.42 Å². The zero-order valence-electron chi connectivity index (χ0n) is 10.5. The highest BCUT2D eigenvalue weighted by atomic mass is 35.5. The van der Waals surface area contributed by atoms with Gasteiger partial charge in [-0.2, -0.15) is 4.31 Å². The number of hydrogen-bond acceptors (Lipinski definition) is 4. The number of nitrogens with zero attached hydrogens (tertiary/aromatic N) is 2. The van der Waals surface area contributed by atoms with Crippen molar-refractivity contribution in [2.45, 2.75) is 22.6 Å². The Bertz CT molecular complexity index is 513. The summed E-state index contributed by atoms with van der Waals surface area (Å²) >= 11 is 6.97. The Kier molecular flexibility index (Phi) is 4.33. The highest BCUT2D eigenvalue weighted by Gasteiger charge is 2.34. The van der Waals surface area contributed by atoms with Gasteiger partial charge in [0.1, 0.15) is 4.21 Å². The van der Waals surface area contributed by atoms with Crippen LogP contribution in [0, 0.1) is 0 Å². The molecular weight excluding hydrogens is 292 g/mol. The SMILES string of the molecule is CN(C)C1CCN(S(=O)(=O)c2ccc(CCl)s2)C1. The molecule has 0 radical (unpaired) electrons. The van der Waals surface area contributed by atoms with Gasteiger partial charge in [0.05, 0.1) is 5.88 Å². The molecule has 0 aliphatic carbocycles. The van der Waals surface area contributed by atoms with E-state index < -0.39 is 10.0 Å². The van der Waals surface area contributed by atoms with Crippen LogP contribution < -0.4 is 0 Å². The van der Waals surface area contributed by atoms with Crippen LogP contribution in [-0.2, 0) is 15.9 Å². The molecule has 1 aromatic heterocycles. The van der Waals surface area contributed by atoms with Crippen LogP contribution in [0.1, 0.15) is 11.3 Å². The van der Waals surface area contributed by atoms with Crippen molar-refractivity contribution in [3.63, 3.8) is 0 Å². The van der Waals surface area contributed by atoms with Crippen LogP contribution in [0.25, 0.3) is 0 Å². The van der Waals surface area contributed by atoms with Crippen LogP contribution in [-0.4, -0.2) is 50.8 Å². The Balaban J connectivity index is 2.17. The second kappa shape index (κ2) is 5.46. The molecule has 1 aromatic rings. The number of halogens is 1. The normalized spacial score (nSPS) is 21.9. The molecule has 0 saturated carbocycles. The van der Waals surface area contributed by atoms with Crippen LogP contribution in [0.4, 0.5) is 0 Å². The summed E-state index contributed by atoms with van der Waals surface area (Å²) in [6, 6.07) is 3.75. The standard InChI is InChI=1S/C11H17ClN2O2S2/c1-13(2)9-5-6-14(8-9)18(15,16)11-4-3-10(7-12)17-11/h3-4,9H,5-8H2,1-2H3. The molecule has 1 fully saturated rings. The van der Waals surface area contributed by atoms with Crippen molar-refractivity contribution in [1.82, 2.24) is 9.21 Å². The van der Waals surface area contributed by atoms with Crippen LogP contribution in [0.2, 0.25) is 0 Å². The molecule has 1 aliphatic rings. The van der Waals surface area contributed by atoms with Crippen molar-refractivity contribution in [2.24, 2.45) is 0 Å². The molecule has 0 aromatic carbocycles. The van der Waals surface area contributed by atoms with E-state index in [1.165, 1.54) is 11.3 Å². The predicted octanol–water partition coefficient (Wildman–Crippen LogP) is 1.81. The first kappa shape index (κ1) is 14.3. The van der Waals surface area contributed by atoms with Crippen molar-refractivity contribution in [1.29, 1.82) is 0 Å². The van der Waals surface area contributed by atoms with Gasteiger partial charge in [0.15, 0.2) is 0 Å². The van der Waals surface area contributed by atoms with Gasteiger partial charge in [0.2, 0.25) is 0 Å². The lowest BCUT2D eigenvalue weighted by Crippen LogP contribution is -2.34. The maximum Gasteiger partial charge on any atom is 0.252 e. The first-order chi connectivity index (χ1) is 8.45. The molecule has 7 heteroatoms. The minimum Gasteiger partial charge on any atom is -0.305 e. The monoisotopic (exact) mass is 308 g/mol.